The minimum atomic E-state index is -4.69. The van der Waals surface area contributed by atoms with Gasteiger partial charge in [0.1, 0.15) is 5.58 Å². The Morgan fingerprint density at radius 2 is 1.76 bits per heavy atom. The largest absolute Gasteiger partial charge is 0.451 e. The van der Waals surface area contributed by atoms with Crippen LogP contribution in [-0.4, -0.2) is 4.98 Å². The predicted molar refractivity (Wildman–Crippen MR) is 119 cm³/mol. The van der Waals surface area contributed by atoms with Crippen molar-refractivity contribution in [3.8, 4) is 0 Å². The van der Waals surface area contributed by atoms with Crippen molar-refractivity contribution in [2.75, 3.05) is 0 Å². The highest BCUT2D eigenvalue weighted by Crippen LogP contribution is 2.41. The van der Waals surface area contributed by atoms with Crippen LogP contribution in [0.25, 0.3) is 22.2 Å². The Morgan fingerprint density at radius 1 is 1.09 bits per heavy atom. The molecule has 2 aromatic heterocycles. The topological polar surface area (TPSA) is 38.1 Å². The number of hydrogen-bond acceptors (Lipinski definition) is 3. The first-order chi connectivity index (χ1) is 15.7. The SMILES string of the molecule is C=C(NC(/C=C\C(=C/C)c1c(C(F)(F)F)oc2ccccc12)=C\CC)c1c(F)cncc1F. The molecule has 172 valence electrons. The van der Waals surface area contributed by atoms with Crippen LogP contribution in [0.3, 0.4) is 0 Å². The number of para-hydroxylation sites is 1. The Hall–Kier alpha value is -3.68. The molecule has 1 N–H and O–H groups in total. The molecule has 0 amide bonds. The lowest BCUT2D eigenvalue weighted by Gasteiger charge is -2.13. The van der Waals surface area contributed by atoms with Crippen molar-refractivity contribution in [1.29, 1.82) is 0 Å². The molecule has 1 aromatic carbocycles. The molecule has 0 aliphatic heterocycles. The minimum absolute atomic E-state index is 0.0523. The highest BCUT2D eigenvalue weighted by atomic mass is 19.4. The summed E-state index contributed by atoms with van der Waals surface area (Å²) in [7, 11) is 0. The van der Waals surface area contributed by atoms with Crippen LogP contribution in [0.15, 0.2) is 77.7 Å². The number of nitrogens with zero attached hydrogens (tertiary/aromatic N) is 1. The Bertz CT molecular complexity index is 1250. The Kier molecular flexibility index (Phi) is 7.16. The van der Waals surface area contributed by atoms with Crippen LogP contribution in [0.2, 0.25) is 0 Å². The smallest absolute Gasteiger partial charge is 0.450 e. The standard InChI is InChI=1S/C25H21F5N2O/c1-4-8-17(32-15(3)22-19(26)13-31-14-20(22)27)12-11-16(5-2)23-18-9-6-7-10-21(18)33-24(23)25(28,29)30/h5-14,32H,3-4H2,1-2H3/b12-11-,16-5+,17-8-. The molecule has 0 spiro atoms. The van der Waals surface area contributed by atoms with Gasteiger partial charge in [0.25, 0.3) is 0 Å². The number of pyridine rings is 1. The first-order valence-corrected chi connectivity index (χ1v) is 10.1. The maximum atomic E-state index is 14.0. The molecule has 3 aromatic rings. The summed E-state index contributed by atoms with van der Waals surface area (Å²) in [6, 6.07) is 6.25. The molecule has 0 unspecified atom stereocenters. The van der Waals surface area contributed by atoms with E-state index in [9.17, 15) is 22.0 Å². The molecule has 2 heterocycles. The van der Waals surface area contributed by atoms with E-state index in [0.717, 1.165) is 12.4 Å². The van der Waals surface area contributed by atoms with Gasteiger partial charge in [0.2, 0.25) is 5.76 Å². The van der Waals surface area contributed by atoms with E-state index in [1.165, 1.54) is 24.3 Å². The van der Waals surface area contributed by atoms with E-state index in [2.05, 4.69) is 16.9 Å². The van der Waals surface area contributed by atoms with Gasteiger partial charge in [-0.3, -0.25) is 4.98 Å². The fraction of sp³-hybridized carbons (Fsp3) is 0.160. The maximum Gasteiger partial charge on any atom is 0.450 e. The molecule has 0 aliphatic carbocycles. The minimum Gasteiger partial charge on any atom is -0.451 e. The van der Waals surface area contributed by atoms with Crippen LogP contribution >= 0.6 is 0 Å². The van der Waals surface area contributed by atoms with E-state index in [1.807, 2.05) is 6.92 Å². The van der Waals surface area contributed by atoms with Crippen molar-refractivity contribution in [3.05, 3.63) is 102 Å². The zero-order valence-electron chi connectivity index (χ0n) is 17.9. The second-order valence-electron chi connectivity index (χ2n) is 7.03. The van der Waals surface area contributed by atoms with E-state index in [4.69, 9.17) is 4.42 Å². The third-order valence-electron chi connectivity index (χ3n) is 4.77. The number of fused-ring (bicyclic) bond motifs is 1. The van der Waals surface area contributed by atoms with E-state index in [1.54, 1.807) is 31.2 Å². The average molecular weight is 460 g/mol. The summed E-state index contributed by atoms with van der Waals surface area (Å²) >= 11 is 0. The number of alkyl halides is 3. The van der Waals surface area contributed by atoms with Gasteiger partial charge in [0.05, 0.1) is 18.0 Å². The van der Waals surface area contributed by atoms with Crippen molar-refractivity contribution in [1.82, 2.24) is 10.3 Å². The summed E-state index contributed by atoms with van der Waals surface area (Å²) in [4.78, 5) is 3.44. The van der Waals surface area contributed by atoms with Gasteiger partial charge in [-0.05, 0) is 31.1 Å². The first kappa shape index (κ1) is 24.0. The molecule has 0 saturated heterocycles. The molecule has 33 heavy (non-hydrogen) atoms. The third-order valence-corrected chi connectivity index (χ3v) is 4.77. The number of furan rings is 1. The Morgan fingerprint density at radius 3 is 2.36 bits per heavy atom. The number of hydrogen-bond donors (Lipinski definition) is 1. The van der Waals surface area contributed by atoms with Crippen molar-refractivity contribution < 1.29 is 26.4 Å². The van der Waals surface area contributed by atoms with Gasteiger partial charge < -0.3 is 9.73 Å². The Labute approximate surface area is 187 Å². The summed E-state index contributed by atoms with van der Waals surface area (Å²) in [6.07, 6.45) is 3.83. The molecule has 3 nitrogen and oxygen atoms in total. The van der Waals surface area contributed by atoms with Crippen molar-refractivity contribution in [2.24, 2.45) is 0 Å². The zero-order valence-corrected chi connectivity index (χ0v) is 17.9. The first-order valence-electron chi connectivity index (χ1n) is 10.1. The lowest BCUT2D eigenvalue weighted by molar-refractivity contribution is -0.152. The molecular weight excluding hydrogens is 439 g/mol. The van der Waals surface area contributed by atoms with Crippen molar-refractivity contribution >= 4 is 22.2 Å². The Balaban J connectivity index is 1.98. The van der Waals surface area contributed by atoms with Crippen LogP contribution in [0.5, 0.6) is 0 Å². The average Bonchev–Trinajstić information content (AvgIpc) is 3.14. The van der Waals surface area contributed by atoms with Crippen LogP contribution in [0, 0.1) is 11.6 Å². The van der Waals surface area contributed by atoms with Crippen molar-refractivity contribution in [2.45, 2.75) is 26.4 Å². The van der Waals surface area contributed by atoms with E-state index in [-0.39, 0.29) is 28.0 Å². The normalized spacial score (nSPS) is 13.2. The fourth-order valence-electron chi connectivity index (χ4n) is 3.35. The van der Waals surface area contributed by atoms with Gasteiger partial charge in [0, 0.05) is 22.3 Å². The van der Waals surface area contributed by atoms with Crippen LogP contribution in [0.1, 0.15) is 37.2 Å². The molecule has 0 fully saturated rings. The number of rotatable bonds is 7. The summed E-state index contributed by atoms with van der Waals surface area (Å²) < 4.78 is 74.2. The van der Waals surface area contributed by atoms with Crippen LogP contribution < -0.4 is 5.32 Å². The highest BCUT2D eigenvalue weighted by Gasteiger charge is 2.39. The van der Waals surface area contributed by atoms with Crippen LogP contribution in [0.4, 0.5) is 22.0 Å². The second kappa shape index (κ2) is 9.85. The monoisotopic (exact) mass is 460 g/mol. The summed E-state index contributed by atoms with van der Waals surface area (Å²) in [6.45, 7) is 7.13. The molecule has 0 radical (unpaired) electrons. The number of benzene rings is 1. The fourth-order valence-corrected chi connectivity index (χ4v) is 3.35. The summed E-state index contributed by atoms with van der Waals surface area (Å²) in [5.41, 5.74) is 0.280. The molecule has 0 atom stereocenters. The number of aromatic nitrogens is 1. The lowest BCUT2D eigenvalue weighted by Crippen LogP contribution is -2.12. The number of halogens is 5. The highest BCUT2D eigenvalue weighted by molar-refractivity contribution is 5.95. The van der Waals surface area contributed by atoms with Gasteiger partial charge in [-0.25, -0.2) is 8.78 Å². The van der Waals surface area contributed by atoms with Gasteiger partial charge >= 0.3 is 6.18 Å². The van der Waals surface area contributed by atoms with Gasteiger partial charge in [-0.2, -0.15) is 13.2 Å². The molecular formula is C25H21F5N2O. The predicted octanol–water partition coefficient (Wildman–Crippen LogP) is 7.64. The molecule has 0 bridgehead atoms. The maximum absolute atomic E-state index is 14.0. The summed E-state index contributed by atoms with van der Waals surface area (Å²) in [5.74, 6) is -2.87. The summed E-state index contributed by atoms with van der Waals surface area (Å²) in [5, 5.41) is 3.14. The van der Waals surface area contributed by atoms with E-state index in [0.29, 0.717) is 17.5 Å². The van der Waals surface area contributed by atoms with E-state index < -0.39 is 23.6 Å². The number of allylic oxidation sites excluding steroid dienone is 5. The van der Waals surface area contributed by atoms with Gasteiger partial charge in [-0.15, -0.1) is 0 Å². The van der Waals surface area contributed by atoms with Crippen molar-refractivity contribution in [3.63, 3.8) is 0 Å². The van der Waals surface area contributed by atoms with Gasteiger partial charge in [-0.1, -0.05) is 49.9 Å². The third kappa shape index (κ3) is 5.22. The second-order valence-corrected chi connectivity index (χ2v) is 7.03. The zero-order chi connectivity index (χ0) is 24.2. The quantitative estimate of drug-likeness (QED) is 0.291. The van der Waals surface area contributed by atoms with Gasteiger partial charge in [0.15, 0.2) is 11.6 Å². The number of nitrogens with one attached hydrogen (secondary N) is 1. The lowest BCUT2D eigenvalue weighted by atomic mass is 10.0. The van der Waals surface area contributed by atoms with E-state index >= 15 is 0 Å². The van der Waals surface area contributed by atoms with Crippen LogP contribution in [-0.2, 0) is 6.18 Å². The molecule has 0 saturated carbocycles. The molecule has 3 rings (SSSR count). The molecule has 8 heteroatoms. The molecule has 0 aliphatic rings.